The number of nitrogens with zero attached hydrogens (tertiary/aromatic N) is 1. The van der Waals surface area contributed by atoms with Gasteiger partial charge in [0, 0.05) is 0 Å². The Balaban J connectivity index is 3.48. The zero-order valence-electron chi connectivity index (χ0n) is 9.62. The first-order chi connectivity index (χ1) is 8.10. The Kier molecular flexibility index (Phi) is 3.72. The van der Waals surface area contributed by atoms with Gasteiger partial charge in [-0.1, -0.05) is 12.1 Å². The van der Waals surface area contributed by atoms with Crippen LogP contribution in [-0.2, 0) is 9.84 Å². The second-order valence-electron chi connectivity index (χ2n) is 3.86. The molecule has 1 atom stereocenters. The lowest BCUT2D eigenvalue weighted by Crippen LogP contribution is -2.35. The van der Waals surface area contributed by atoms with E-state index in [2.05, 4.69) is 0 Å². The number of benzene rings is 1. The molecule has 0 heterocycles. The summed E-state index contributed by atoms with van der Waals surface area (Å²) in [6.45, 7) is 2.95. The highest BCUT2D eigenvalue weighted by atomic mass is 32.2. The molecule has 0 aromatic heterocycles. The normalized spacial score (nSPS) is 14.0. The Morgan fingerprint density at radius 1 is 1.28 bits per heavy atom. The lowest BCUT2D eigenvalue weighted by molar-refractivity contribution is -0.120. The number of alkyl halides is 3. The van der Waals surface area contributed by atoms with Crippen molar-refractivity contribution in [2.24, 2.45) is 0 Å². The van der Waals surface area contributed by atoms with Crippen LogP contribution in [-0.4, -0.2) is 19.8 Å². The van der Waals surface area contributed by atoms with E-state index in [1.54, 1.807) is 13.0 Å². The molecule has 0 aliphatic carbocycles. The van der Waals surface area contributed by atoms with Crippen molar-refractivity contribution in [1.29, 1.82) is 5.26 Å². The summed E-state index contributed by atoms with van der Waals surface area (Å²) in [6.07, 6.45) is -5.11. The average molecular weight is 277 g/mol. The van der Waals surface area contributed by atoms with E-state index in [-0.39, 0.29) is 5.56 Å². The number of aryl methyl sites for hydroxylation is 2. The van der Waals surface area contributed by atoms with Gasteiger partial charge in [0.1, 0.15) is 0 Å². The van der Waals surface area contributed by atoms with Gasteiger partial charge in [0.05, 0.1) is 11.0 Å². The fraction of sp³-hybridized carbons (Fsp3) is 0.364. The molecule has 0 aliphatic heterocycles. The second kappa shape index (κ2) is 4.61. The Labute approximate surface area is 103 Å². The molecule has 0 saturated heterocycles. The molecule has 0 fully saturated rings. The maximum Gasteiger partial charge on any atom is 0.418 e. The summed E-state index contributed by atoms with van der Waals surface area (Å²) in [5, 5.41) is 5.43. The van der Waals surface area contributed by atoms with Gasteiger partial charge < -0.3 is 0 Å². The van der Waals surface area contributed by atoms with Gasteiger partial charge in [-0.25, -0.2) is 8.42 Å². The van der Waals surface area contributed by atoms with Gasteiger partial charge in [-0.05, 0) is 31.0 Å². The van der Waals surface area contributed by atoms with Crippen LogP contribution in [0, 0.1) is 25.2 Å². The zero-order chi connectivity index (χ0) is 14.1. The van der Waals surface area contributed by atoms with Gasteiger partial charge in [0.2, 0.25) is 15.1 Å². The van der Waals surface area contributed by atoms with Crippen LogP contribution in [0.4, 0.5) is 13.2 Å². The summed E-state index contributed by atoms with van der Waals surface area (Å²) in [6, 6.07) is 4.95. The van der Waals surface area contributed by atoms with Crippen LogP contribution >= 0.6 is 0 Å². The summed E-state index contributed by atoms with van der Waals surface area (Å²) in [7, 11) is -4.75. The van der Waals surface area contributed by atoms with E-state index in [1.165, 1.54) is 13.0 Å². The quantitative estimate of drug-likeness (QED) is 0.834. The highest BCUT2D eigenvalue weighted by Gasteiger charge is 2.50. The number of halogens is 3. The molecule has 0 radical (unpaired) electrons. The molecule has 1 rings (SSSR count). The van der Waals surface area contributed by atoms with Gasteiger partial charge in [0.25, 0.3) is 0 Å². The van der Waals surface area contributed by atoms with Crippen molar-refractivity contribution in [2.75, 3.05) is 0 Å². The third-order valence-electron chi connectivity index (χ3n) is 2.38. The van der Waals surface area contributed by atoms with Crippen LogP contribution < -0.4 is 0 Å². The molecule has 18 heavy (non-hydrogen) atoms. The van der Waals surface area contributed by atoms with Crippen LogP contribution in [0.5, 0.6) is 0 Å². The summed E-state index contributed by atoms with van der Waals surface area (Å²) in [5.74, 6) is 0. The molecule has 3 nitrogen and oxygen atoms in total. The Morgan fingerprint density at radius 3 is 2.28 bits per heavy atom. The first-order valence-electron chi connectivity index (χ1n) is 4.88. The summed E-state index contributed by atoms with van der Waals surface area (Å²) >= 11 is 0. The lowest BCUT2D eigenvalue weighted by atomic mass is 10.2. The van der Waals surface area contributed by atoms with Gasteiger partial charge in [-0.3, -0.25) is 0 Å². The minimum absolute atomic E-state index is 0.185. The number of hydrogen-bond acceptors (Lipinski definition) is 3. The SMILES string of the molecule is Cc1ccc(C)c(S(=O)(=O)C(C#N)C(F)(F)F)c1. The van der Waals surface area contributed by atoms with Crippen molar-refractivity contribution in [3.8, 4) is 6.07 Å². The second-order valence-corrected chi connectivity index (χ2v) is 5.87. The van der Waals surface area contributed by atoms with E-state index in [9.17, 15) is 21.6 Å². The van der Waals surface area contributed by atoms with Crippen LogP contribution in [0.2, 0.25) is 0 Å². The summed E-state index contributed by atoms with van der Waals surface area (Å²) in [5.41, 5.74) is 0.697. The van der Waals surface area contributed by atoms with Crippen LogP contribution in [0.1, 0.15) is 11.1 Å². The van der Waals surface area contributed by atoms with Crippen LogP contribution in [0.15, 0.2) is 23.1 Å². The molecule has 1 aromatic carbocycles. The number of rotatable bonds is 2. The Hall–Kier alpha value is -1.55. The third kappa shape index (κ3) is 2.64. The lowest BCUT2D eigenvalue weighted by Gasteiger charge is -2.15. The molecule has 1 unspecified atom stereocenters. The molecule has 0 saturated carbocycles. The largest absolute Gasteiger partial charge is 0.418 e. The minimum Gasteiger partial charge on any atom is -0.222 e. The smallest absolute Gasteiger partial charge is 0.222 e. The van der Waals surface area contributed by atoms with Crippen molar-refractivity contribution in [3.63, 3.8) is 0 Å². The highest BCUT2D eigenvalue weighted by Crippen LogP contribution is 2.31. The molecule has 98 valence electrons. The fourth-order valence-corrected chi connectivity index (χ4v) is 3.07. The maximum absolute atomic E-state index is 12.5. The predicted molar refractivity (Wildman–Crippen MR) is 58.6 cm³/mol. The first kappa shape index (κ1) is 14.5. The fourth-order valence-electron chi connectivity index (χ4n) is 1.46. The van der Waals surface area contributed by atoms with Crippen molar-refractivity contribution >= 4 is 9.84 Å². The Bertz CT molecular complexity index is 600. The van der Waals surface area contributed by atoms with Gasteiger partial charge >= 0.3 is 6.18 Å². The number of nitriles is 1. The molecule has 0 bridgehead atoms. The van der Waals surface area contributed by atoms with Crippen LogP contribution in [0.3, 0.4) is 0 Å². The number of sulfone groups is 1. The van der Waals surface area contributed by atoms with E-state index in [0.29, 0.717) is 5.56 Å². The predicted octanol–water partition coefficient (Wildman–Crippen LogP) is 2.53. The van der Waals surface area contributed by atoms with Crippen LogP contribution in [0.25, 0.3) is 0 Å². The minimum atomic E-state index is -5.11. The first-order valence-corrected chi connectivity index (χ1v) is 6.43. The van der Waals surface area contributed by atoms with E-state index in [0.717, 1.165) is 12.1 Å². The average Bonchev–Trinajstić information content (AvgIpc) is 2.19. The van der Waals surface area contributed by atoms with Crippen molar-refractivity contribution in [2.45, 2.75) is 30.2 Å². The molecule has 1 aromatic rings. The monoisotopic (exact) mass is 277 g/mol. The molecular formula is C11H10F3NO2S. The van der Waals surface area contributed by atoms with Gasteiger partial charge in [-0.15, -0.1) is 0 Å². The molecule has 7 heteroatoms. The molecule has 0 N–H and O–H groups in total. The van der Waals surface area contributed by atoms with Crippen molar-refractivity contribution in [1.82, 2.24) is 0 Å². The van der Waals surface area contributed by atoms with E-state index < -0.39 is 26.2 Å². The summed E-state index contributed by atoms with van der Waals surface area (Å²) in [4.78, 5) is -0.452. The third-order valence-corrected chi connectivity index (χ3v) is 4.42. The number of hydrogen-bond donors (Lipinski definition) is 0. The topological polar surface area (TPSA) is 57.9 Å². The standard InChI is InChI=1S/C11H10F3NO2S/c1-7-3-4-8(2)9(5-7)18(16,17)10(6-15)11(12,13)14/h3-5,10H,1-2H3. The van der Waals surface area contributed by atoms with Gasteiger partial charge in [-0.2, -0.15) is 18.4 Å². The van der Waals surface area contributed by atoms with Gasteiger partial charge in [0.15, 0.2) is 0 Å². The zero-order valence-corrected chi connectivity index (χ0v) is 10.4. The van der Waals surface area contributed by atoms with Crippen molar-refractivity contribution < 1.29 is 21.6 Å². The highest BCUT2D eigenvalue weighted by molar-refractivity contribution is 7.92. The molecule has 0 spiro atoms. The molecular weight excluding hydrogens is 267 g/mol. The van der Waals surface area contributed by atoms with E-state index in [4.69, 9.17) is 5.26 Å². The van der Waals surface area contributed by atoms with E-state index in [1.807, 2.05) is 0 Å². The van der Waals surface area contributed by atoms with Crippen molar-refractivity contribution in [3.05, 3.63) is 29.3 Å². The Morgan fingerprint density at radius 2 is 1.83 bits per heavy atom. The molecule has 0 aliphatic rings. The maximum atomic E-state index is 12.5. The van der Waals surface area contributed by atoms with E-state index >= 15 is 0 Å². The summed E-state index contributed by atoms with van der Waals surface area (Å²) < 4.78 is 61.3. The molecule has 0 amide bonds.